The van der Waals surface area contributed by atoms with Crippen LogP contribution in [0.1, 0.15) is 0 Å². The van der Waals surface area contributed by atoms with Gasteiger partial charge in [-0.1, -0.05) is 60.7 Å². The predicted molar refractivity (Wildman–Crippen MR) is 107 cm³/mol. The van der Waals surface area contributed by atoms with Gasteiger partial charge in [-0.25, -0.2) is 0 Å². The molecule has 0 aliphatic carbocycles. The van der Waals surface area contributed by atoms with Crippen molar-refractivity contribution in [3.63, 3.8) is 0 Å². The molecule has 0 amide bonds. The van der Waals surface area contributed by atoms with E-state index in [2.05, 4.69) is 0 Å². The fourth-order valence-electron chi connectivity index (χ4n) is 2.53. The summed E-state index contributed by atoms with van der Waals surface area (Å²) in [6, 6.07) is 33.6. The van der Waals surface area contributed by atoms with Crippen molar-refractivity contribution in [3.05, 3.63) is 109 Å². The first-order valence-electron chi connectivity index (χ1n) is 8.87. The van der Waals surface area contributed by atoms with Crippen LogP contribution in [0.4, 0.5) is 0 Å². The second-order valence-corrected chi connectivity index (χ2v) is 5.89. The van der Waals surface area contributed by atoms with E-state index in [1.807, 2.05) is 103 Å². The Morgan fingerprint density at radius 3 is 1.46 bits per heavy atom. The summed E-state index contributed by atoms with van der Waals surface area (Å²) in [4.78, 5) is 11.0. The van der Waals surface area contributed by atoms with Gasteiger partial charge in [-0.3, -0.25) is 9.78 Å². The molecule has 0 radical (unpaired) electrons. The predicted octanol–water partition coefficient (Wildman–Crippen LogP) is 6.64. The maximum Gasteiger partial charge on any atom is 0.224 e. The normalized spacial score (nSPS) is 10.1. The Morgan fingerprint density at radius 2 is 0.857 bits per heavy atom. The highest BCUT2D eigenvalue weighted by atomic mass is 17.2. The van der Waals surface area contributed by atoms with E-state index >= 15 is 0 Å². The smallest absolute Gasteiger partial charge is 0.224 e. The average molecular weight is 370 g/mol. The summed E-state index contributed by atoms with van der Waals surface area (Å²) < 4.78 is 12.1. The minimum absolute atomic E-state index is 0.404. The molecule has 0 aliphatic heterocycles. The molecule has 4 nitrogen and oxygen atoms in total. The van der Waals surface area contributed by atoms with E-state index in [1.165, 1.54) is 0 Å². The van der Waals surface area contributed by atoms with Crippen LogP contribution in [0.25, 0.3) is 0 Å². The van der Waals surface area contributed by atoms with Gasteiger partial charge in [0, 0.05) is 0 Å². The Kier molecular flexibility index (Phi) is 5.40. The summed E-state index contributed by atoms with van der Waals surface area (Å²) in [5.74, 6) is 3.29. The Morgan fingerprint density at radius 1 is 0.357 bits per heavy atom. The molecule has 4 aromatic rings. The Hall–Kier alpha value is -3.92. The maximum atomic E-state index is 6.07. The molecule has 4 rings (SSSR count). The van der Waals surface area contributed by atoms with E-state index in [1.54, 1.807) is 6.07 Å². The quantitative estimate of drug-likeness (QED) is 0.270. The summed E-state index contributed by atoms with van der Waals surface area (Å²) in [5, 5.41) is 0. The van der Waals surface area contributed by atoms with E-state index in [0.717, 1.165) is 0 Å². The zero-order valence-electron chi connectivity index (χ0n) is 15.0. The van der Waals surface area contributed by atoms with Crippen molar-refractivity contribution < 1.29 is 19.2 Å². The topological polar surface area (TPSA) is 36.9 Å². The first kappa shape index (κ1) is 17.5. The van der Waals surface area contributed by atoms with E-state index in [4.69, 9.17) is 19.2 Å². The van der Waals surface area contributed by atoms with Crippen LogP contribution in [0.2, 0.25) is 0 Å². The van der Waals surface area contributed by atoms with Crippen LogP contribution in [0.15, 0.2) is 109 Å². The number of benzene rings is 4. The Labute approximate surface area is 163 Å². The molecule has 0 aromatic heterocycles. The zero-order valence-corrected chi connectivity index (χ0v) is 15.0. The fraction of sp³-hybridized carbons (Fsp3) is 0. The van der Waals surface area contributed by atoms with Crippen LogP contribution in [-0.2, 0) is 0 Å². The van der Waals surface area contributed by atoms with Gasteiger partial charge < -0.3 is 9.47 Å². The van der Waals surface area contributed by atoms with Gasteiger partial charge in [-0.2, -0.15) is 0 Å². The molecule has 28 heavy (non-hydrogen) atoms. The first-order chi connectivity index (χ1) is 13.9. The van der Waals surface area contributed by atoms with Crippen LogP contribution >= 0.6 is 0 Å². The number of hydrogen-bond donors (Lipinski definition) is 0. The lowest BCUT2D eigenvalue weighted by atomic mass is 10.2. The molecule has 0 unspecified atom stereocenters. The monoisotopic (exact) mass is 370 g/mol. The average Bonchev–Trinajstić information content (AvgIpc) is 2.76. The summed E-state index contributed by atoms with van der Waals surface area (Å²) in [5.41, 5.74) is 0. The van der Waals surface area contributed by atoms with Gasteiger partial charge in [0.15, 0.2) is 11.5 Å². The van der Waals surface area contributed by atoms with Gasteiger partial charge in [0.2, 0.25) is 11.5 Å². The maximum absolute atomic E-state index is 6.07. The van der Waals surface area contributed by atoms with E-state index in [0.29, 0.717) is 34.5 Å². The van der Waals surface area contributed by atoms with Gasteiger partial charge in [0.1, 0.15) is 11.5 Å². The first-order valence-corrected chi connectivity index (χ1v) is 8.87. The number of para-hydroxylation sites is 4. The van der Waals surface area contributed by atoms with Crippen molar-refractivity contribution in [3.8, 4) is 34.5 Å². The van der Waals surface area contributed by atoms with Gasteiger partial charge >= 0.3 is 0 Å². The standard InChI is InChI=1S/C24H18O4/c1-4-11-19(12-5-1)25-22-17-10-18-23(28-27-21-15-8-3-9-16-21)24(22)26-20-13-6-2-7-14-20/h1-18H. The highest BCUT2D eigenvalue weighted by molar-refractivity contribution is 5.54. The lowest BCUT2D eigenvalue weighted by Crippen LogP contribution is -2.02. The molecule has 0 N–H and O–H groups in total. The molecular weight excluding hydrogens is 352 g/mol. The highest BCUT2D eigenvalue weighted by Gasteiger charge is 2.16. The van der Waals surface area contributed by atoms with Crippen LogP contribution in [0, 0.1) is 0 Å². The molecule has 0 aliphatic rings. The summed E-state index contributed by atoms with van der Waals surface area (Å²) in [6.07, 6.45) is 0. The molecule has 0 spiro atoms. The number of ether oxygens (including phenoxy) is 2. The third-order valence-electron chi connectivity index (χ3n) is 3.85. The van der Waals surface area contributed by atoms with Gasteiger partial charge in [0.05, 0.1) is 0 Å². The minimum Gasteiger partial charge on any atom is -0.453 e. The van der Waals surface area contributed by atoms with Gasteiger partial charge in [0.25, 0.3) is 0 Å². The molecule has 138 valence electrons. The van der Waals surface area contributed by atoms with Crippen LogP contribution < -0.4 is 19.2 Å². The number of rotatable bonds is 7. The third kappa shape index (κ3) is 4.43. The Balaban J connectivity index is 1.64. The molecule has 0 bridgehead atoms. The van der Waals surface area contributed by atoms with Crippen molar-refractivity contribution in [1.82, 2.24) is 0 Å². The van der Waals surface area contributed by atoms with E-state index in [-0.39, 0.29) is 0 Å². The molecule has 0 heterocycles. The largest absolute Gasteiger partial charge is 0.453 e. The zero-order chi connectivity index (χ0) is 19.0. The highest BCUT2D eigenvalue weighted by Crippen LogP contribution is 2.42. The van der Waals surface area contributed by atoms with Crippen LogP contribution in [0.5, 0.6) is 34.5 Å². The SMILES string of the molecule is c1ccc(OOc2cccc(Oc3ccccc3)c2Oc2ccccc2)cc1. The van der Waals surface area contributed by atoms with Crippen molar-refractivity contribution >= 4 is 0 Å². The lowest BCUT2D eigenvalue weighted by Gasteiger charge is -2.15. The molecule has 0 atom stereocenters. The summed E-state index contributed by atoms with van der Waals surface area (Å²) in [6.45, 7) is 0. The second-order valence-electron chi connectivity index (χ2n) is 5.89. The molecule has 0 fully saturated rings. The summed E-state index contributed by atoms with van der Waals surface area (Å²) in [7, 11) is 0. The van der Waals surface area contributed by atoms with Crippen molar-refractivity contribution in [2.24, 2.45) is 0 Å². The lowest BCUT2D eigenvalue weighted by molar-refractivity contribution is -0.101. The van der Waals surface area contributed by atoms with Crippen LogP contribution in [0.3, 0.4) is 0 Å². The Bertz CT molecular complexity index is 1000. The number of hydrogen-bond acceptors (Lipinski definition) is 4. The molecule has 4 heteroatoms. The molecule has 4 aromatic carbocycles. The second kappa shape index (κ2) is 8.64. The molecule has 0 saturated carbocycles. The molecule has 0 saturated heterocycles. The third-order valence-corrected chi connectivity index (χ3v) is 3.85. The molecular formula is C24H18O4. The van der Waals surface area contributed by atoms with Crippen molar-refractivity contribution in [2.45, 2.75) is 0 Å². The van der Waals surface area contributed by atoms with Gasteiger partial charge in [-0.05, 0) is 48.5 Å². The van der Waals surface area contributed by atoms with E-state index in [9.17, 15) is 0 Å². The van der Waals surface area contributed by atoms with Gasteiger partial charge in [-0.15, -0.1) is 0 Å². The summed E-state index contributed by atoms with van der Waals surface area (Å²) >= 11 is 0. The van der Waals surface area contributed by atoms with Crippen molar-refractivity contribution in [1.29, 1.82) is 0 Å². The van der Waals surface area contributed by atoms with E-state index < -0.39 is 0 Å². The van der Waals surface area contributed by atoms with Crippen LogP contribution in [-0.4, -0.2) is 0 Å². The van der Waals surface area contributed by atoms with Crippen molar-refractivity contribution in [2.75, 3.05) is 0 Å². The minimum atomic E-state index is 0.404. The fourth-order valence-corrected chi connectivity index (χ4v) is 2.53.